The van der Waals surface area contributed by atoms with Gasteiger partial charge < -0.3 is 9.64 Å². The van der Waals surface area contributed by atoms with Crippen LogP contribution in [-0.2, 0) is 20.9 Å². The fourth-order valence-corrected chi connectivity index (χ4v) is 3.89. The minimum atomic E-state index is -0.964. The molecule has 0 bridgehead atoms. The molecule has 2 aromatic carbocycles. The van der Waals surface area contributed by atoms with E-state index in [1.54, 1.807) is 31.2 Å². The van der Waals surface area contributed by atoms with Gasteiger partial charge in [0.2, 0.25) is 5.91 Å². The van der Waals surface area contributed by atoms with E-state index in [1.165, 1.54) is 11.0 Å². The number of halogens is 3. The lowest BCUT2D eigenvalue weighted by Crippen LogP contribution is -2.30. The highest BCUT2D eigenvalue weighted by Crippen LogP contribution is 2.29. The van der Waals surface area contributed by atoms with Crippen LogP contribution in [0.5, 0.6) is 0 Å². The van der Waals surface area contributed by atoms with E-state index in [9.17, 15) is 18.4 Å². The van der Waals surface area contributed by atoms with Gasteiger partial charge in [-0.25, -0.2) is 13.8 Å². The molecule has 0 aliphatic carbocycles. The SMILES string of the molecule is CCOC(=O)CCC(=O)N(Cc1nc2ccc(F)c(F)c2s1)c1cccc(Cl)c1. The van der Waals surface area contributed by atoms with Crippen LogP contribution in [0.15, 0.2) is 36.4 Å². The Labute approximate surface area is 174 Å². The summed E-state index contributed by atoms with van der Waals surface area (Å²) in [5.74, 6) is -2.73. The summed E-state index contributed by atoms with van der Waals surface area (Å²) in [6.45, 7) is 1.95. The van der Waals surface area contributed by atoms with Gasteiger partial charge >= 0.3 is 5.97 Å². The number of esters is 1. The summed E-state index contributed by atoms with van der Waals surface area (Å²) in [6, 6.07) is 9.07. The van der Waals surface area contributed by atoms with Crippen LogP contribution >= 0.6 is 22.9 Å². The van der Waals surface area contributed by atoms with E-state index in [0.29, 0.717) is 21.2 Å². The molecule has 29 heavy (non-hydrogen) atoms. The molecule has 0 radical (unpaired) electrons. The fraction of sp³-hybridized carbons (Fsp3) is 0.250. The van der Waals surface area contributed by atoms with Crippen molar-refractivity contribution in [3.63, 3.8) is 0 Å². The molecule has 0 saturated carbocycles. The molecule has 3 rings (SSSR count). The first kappa shape index (κ1) is 21.1. The van der Waals surface area contributed by atoms with Crippen molar-refractivity contribution in [2.75, 3.05) is 11.5 Å². The third-order valence-electron chi connectivity index (χ3n) is 4.06. The second kappa shape index (κ2) is 9.28. The van der Waals surface area contributed by atoms with E-state index in [1.807, 2.05) is 0 Å². The summed E-state index contributed by atoms with van der Waals surface area (Å²) in [5.41, 5.74) is 0.825. The van der Waals surface area contributed by atoms with Crippen molar-refractivity contribution in [3.05, 3.63) is 58.1 Å². The average Bonchev–Trinajstić information content (AvgIpc) is 3.11. The summed E-state index contributed by atoms with van der Waals surface area (Å²) in [5, 5.41) is 0.858. The third-order valence-corrected chi connectivity index (χ3v) is 5.34. The van der Waals surface area contributed by atoms with Crippen LogP contribution in [0.25, 0.3) is 10.2 Å². The molecule has 152 valence electrons. The van der Waals surface area contributed by atoms with Gasteiger partial charge in [-0.05, 0) is 37.3 Å². The van der Waals surface area contributed by atoms with Gasteiger partial charge in [0.15, 0.2) is 11.6 Å². The molecular formula is C20H17ClF2N2O3S. The molecule has 1 aromatic heterocycles. The maximum Gasteiger partial charge on any atom is 0.306 e. The molecule has 0 fully saturated rings. The quantitative estimate of drug-likeness (QED) is 0.481. The van der Waals surface area contributed by atoms with Gasteiger partial charge in [0.1, 0.15) is 5.01 Å². The van der Waals surface area contributed by atoms with Crippen LogP contribution in [0.1, 0.15) is 24.8 Å². The van der Waals surface area contributed by atoms with Gasteiger partial charge in [0, 0.05) is 17.1 Å². The molecule has 1 heterocycles. The predicted octanol–water partition coefficient (Wildman–Crippen LogP) is 5.10. The zero-order chi connectivity index (χ0) is 21.0. The highest BCUT2D eigenvalue weighted by atomic mass is 35.5. The van der Waals surface area contributed by atoms with E-state index < -0.39 is 17.6 Å². The Kier molecular flexibility index (Phi) is 6.76. The monoisotopic (exact) mass is 438 g/mol. The molecular weight excluding hydrogens is 422 g/mol. The van der Waals surface area contributed by atoms with Crippen molar-refractivity contribution < 1.29 is 23.1 Å². The van der Waals surface area contributed by atoms with Gasteiger partial charge in [-0.1, -0.05) is 17.7 Å². The number of rotatable bonds is 7. The molecule has 0 aliphatic heterocycles. The topological polar surface area (TPSA) is 59.5 Å². The van der Waals surface area contributed by atoms with Crippen molar-refractivity contribution in [2.24, 2.45) is 0 Å². The van der Waals surface area contributed by atoms with Crippen molar-refractivity contribution in [1.29, 1.82) is 0 Å². The average molecular weight is 439 g/mol. The minimum absolute atomic E-state index is 0.0302. The normalized spacial score (nSPS) is 10.9. The molecule has 0 spiro atoms. The second-order valence-electron chi connectivity index (χ2n) is 6.08. The number of anilines is 1. The van der Waals surface area contributed by atoms with Gasteiger partial charge in [-0.15, -0.1) is 11.3 Å². The van der Waals surface area contributed by atoms with E-state index in [-0.39, 0.29) is 36.6 Å². The Balaban J connectivity index is 1.88. The number of carbonyl (C=O) groups excluding carboxylic acids is 2. The number of carbonyl (C=O) groups is 2. The number of hydrogen-bond acceptors (Lipinski definition) is 5. The number of aromatic nitrogens is 1. The first-order valence-corrected chi connectivity index (χ1v) is 10.0. The van der Waals surface area contributed by atoms with Gasteiger partial charge in [0.05, 0.1) is 29.8 Å². The Morgan fingerprint density at radius 3 is 2.72 bits per heavy atom. The standard InChI is InChI=1S/C20H17ClF2N2O3S/c1-2-28-18(27)9-8-17(26)25(13-5-3-4-12(21)10-13)11-16-24-15-7-6-14(22)19(23)20(15)29-16/h3-7,10H,2,8-9,11H2,1H3. The highest BCUT2D eigenvalue weighted by Gasteiger charge is 2.21. The number of amides is 1. The smallest absolute Gasteiger partial charge is 0.306 e. The zero-order valence-corrected chi connectivity index (χ0v) is 17.0. The lowest BCUT2D eigenvalue weighted by molar-refractivity contribution is -0.144. The van der Waals surface area contributed by atoms with Crippen molar-refractivity contribution in [2.45, 2.75) is 26.3 Å². The largest absolute Gasteiger partial charge is 0.466 e. The van der Waals surface area contributed by atoms with Crippen LogP contribution in [-0.4, -0.2) is 23.5 Å². The Bertz CT molecular complexity index is 1060. The summed E-state index contributed by atoms with van der Waals surface area (Å²) in [4.78, 5) is 30.1. The number of nitrogens with zero attached hydrogens (tertiary/aromatic N) is 2. The molecule has 0 saturated heterocycles. The van der Waals surface area contributed by atoms with E-state index in [2.05, 4.69) is 4.98 Å². The Morgan fingerprint density at radius 1 is 1.21 bits per heavy atom. The van der Waals surface area contributed by atoms with Crippen LogP contribution in [0.4, 0.5) is 14.5 Å². The first-order chi connectivity index (χ1) is 13.9. The summed E-state index contributed by atoms with van der Waals surface area (Å²) < 4.78 is 32.4. The number of thiazole rings is 1. The molecule has 9 heteroatoms. The van der Waals surface area contributed by atoms with Gasteiger partial charge in [0.25, 0.3) is 0 Å². The maximum atomic E-state index is 14.0. The molecule has 0 atom stereocenters. The molecule has 1 amide bonds. The second-order valence-corrected chi connectivity index (χ2v) is 7.60. The van der Waals surface area contributed by atoms with Crippen molar-refractivity contribution in [3.8, 4) is 0 Å². The van der Waals surface area contributed by atoms with Crippen LogP contribution < -0.4 is 4.90 Å². The highest BCUT2D eigenvalue weighted by molar-refractivity contribution is 7.18. The van der Waals surface area contributed by atoms with E-state index >= 15 is 0 Å². The minimum Gasteiger partial charge on any atom is -0.466 e. The number of ether oxygens (including phenoxy) is 1. The maximum absolute atomic E-state index is 14.0. The predicted molar refractivity (Wildman–Crippen MR) is 108 cm³/mol. The number of hydrogen-bond donors (Lipinski definition) is 0. The van der Waals surface area contributed by atoms with Crippen LogP contribution in [0.3, 0.4) is 0 Å². The molecule has 0 aliphatic rings. The lowest BCUT2D eigenvalue weighted by Gasteiger charge is -2.22. The molecule has 0 N–H and O–H groups in total. The van der Waals surface area contributed by atoms with E-state index in [4.69, 9.17) is 16.3 Å². The Morgan fingerprint density at radius 2 is 2.00 bits per heavy atom. The number of benzene rings is 2. The fourth-order valence-electron chi connectivity index (χ4n) is 2.73. The van der Waals surface area contributed by atoms with Crippen molar-refractivity contribution in [1.82, 2.24) is 4.98 Å². The summed E-state index contributed by atoms with van der Waals surface area (Å²) >= 11 is 7.02. The van der Waals surface area contributed by atoms with Gasteiger partial charge in [-0.2, -0.15) is 0 Å². The lowest BCUT2D eigenvalue weighted by atomic mass is 10.2. The third kappa shape index (κ3) is 5.07. The molecule has 5 nitrogen and oxygen atoms in total. The number of fused-ring (bicyclic) bond motifs is 1. The first-order valence-electron chi connectivity index (χ1n) is 8.84. The zero-order valence-electron chi connectivity index (χ0n) is 15.5. The molecule has 0 unspecified atom stereocenters. The summed E-state index contributed by atoms with van der Waals surface area (Å²) in [7, 11) is 0. The van der Waals surface area contributed by atoms with Crippen LogP contribution in [0.2, 0.25) is 5.02 Å². The van der Waals surface area contributed by atoms with Crippen molar-refractivity contribution >= 4 is 50.7 Å². The van der Waals surface area contributed by atoms with Crippen LogP contribution in [0, 0.1) is 11.6 Å². The summed E-state index contributed by atoms with van der Waals surface area (Å²) in [6.07, 6.45) is -0.136. The van der Waals surface area contributed by atoms with E-state index in [0.717, 1.165) is 17.4 Å². The van der Waals surface area contributed by atoms with Gasteiger partial charge in [-0.3, -0.25) is 9.59 Å². The molecule has 3 aromatic rings. The Hall–Kier alpha value is -2.58.